The molecular formula is C12H23N3. The smallest absolute Gasteiger partial charge is 0.0476 e. The summed E-state index contributed by atoms with van der Waals surface area (Å²) in [4.78, 5) is 2.60. The standard InChI is InChI=1S/C12H23N3/c1-10(2)8-14-12(9-13)5-7-15-6-3-4-11(12)15/h11,14H,1,3-9,13H2,2H3. The molecule has 15 heavy (non-hydrogen) atoms. The number of rotatable bonds is 4. The van der Waals surface area contributed by atoms with Gasteiger partial charge in [0.15, 0.2) is 0 Å². The van der Waals surface area contributed by atoms with Crippen LogP contribution >= 0.6 is 0 Å². The summed E-state index contributed by atoms with van der Waals surface area (Å²) in [5, 5.41) is 3.65. The molecule has 0 aromatic heterocycles. The van der Waals surface area contributed by atoms with Crippen LogP contribution in [0.4, 0.5) is 0 Å². The van der Waals surface area contributed by atoms with Crippen molar-refractivity contribution in [2.24, 2.45) is 5.73 Å². The third kappa shape index (κ3) is 1.96. The fourth-order valence-corrected chi connectivity index (χ4v) is 3.07. The first-order valence-electron chi connectivity index (χ1n) is 6.01. The van der Waals surface area contributed by atoms with Crippen molar-refractivity contribution in [2.45, 2.75) is 37.8 Å². The molecule has 0 aromatic carbocycles. The van der Waals surface area contributed by atoms with Crippen LogP contribution in [-0.4, -0.2) is 42.7 Å². The second kappa shape index (κ2) is 4.24. The van der Waals surface area contributed by atoms with Crippen molar-refractivity contribution in [3.8, 4) is 0 Å². The van der Waals surface area contributed by atoms with E-state index in [1.807, 2.05) is 0 Å². The molecule has 0 spiro atoms. The number of nitrogens with zero attached hydrogens (tertiary/aromatic N) is 1. The first-order valence-corrected chi connectivity index (χ1v) is 6.01. The average Bonchev–Trinajstić information content (AvgIpc) is 2.76. The molecule has 2 aliphatic rings. The van der Waals surface area contributed by atoms with Gasteiger partial charge < -0.3 is 11.1 Å². The fraction of sp³-hybridized carbons (Fsp3) is 0.833. The van der Waals surface area contributed by atoms with Crippen LogP contribution < -0.4 is 11.1 Å². The van der Waals surface area contributed by atoms with Gasteiger partial charge >= 0.3 is 0 Å². The van der Waals surface area contributed by atoms with Gasteiger partial charge in [-0.3, -0.25) is 4.90 Å². The largest absolute Gasteiger partial charge is 0.329 e. The Balaban J connectivity index is 2.04. The van der Waals surface area contributed by atoms with Gasteiger partial charge in [-0.25, -0.2) is 0 Å². The van der Waals surface area contributed by atoms with Crippen molar-refractivity contribution in [3.05, 3.63) is 12.2 Å². The zero-order valence-electron chi connectivity index (χ0n) is 9.76. The first kappa shape index (κ1) is 11.1. The van der Waals surface area contributed by atoms with Crippen molar-refractivity contribution in [3.63, 3.8) is 0 Å². The Morgan fingerprint density at radius 1 is 1.60 bits per heavy atom. The van der Waals surface area contributed by atoms with Gasteiger partial charge in [-0.05, 0) is 32.7 Å². The van der Waals surface area contributed by atoms with E-state index >= 15 is 0 Å². The zero-order valence-corrected chi connectivity index (χ0v) is 9.76. The number of hydrogen-bond donors (Lipinski definition) is 2. The third-order valence-corrected chi connectivity index (χ3v) is 3.95. The first-order chi connectivity index (χ1) is 7.18. The molecule has 0 bridgehead atoms. The van der Waals surface area contributed by atoms with Crippen LogP contribution in [0.3, 0.4) is 0 Å². The minimum Gasteiger partial charge on any atom is -0.329 e. The Labute approximate surface area is 92.7 Å². The van der Waals surface area contributed by atoms with E-state index in [1.54, 1.807) is 0 Å². The Morgan fingerprint density at radius 2 is 2.40 bits per heavy atom. The van der Waals surface area contributed by atoms with Gasteiger partial charge in [0.1, 0.15) is 0 Å². The normalized spacial score (nSPS) is 35.7. The van der Waals surface area contributed by atoms with Crippen molar-refractivity contribution in [1.82, 2.24) is 10.2 Å². The summed E-state index contributed by atoms with van der Waals surface area (Å²) in [7, 11) is 0. The maximum absolute atomic E-state index is 5.99. The summed E-state index contributed by atoms with van der Waals surface area (Å²) in [6.45, 7) is 10.2. The molecule has 0 aliphatic carbocycles. The molecule has 3 nitrogen and oxygen atoms in total. The maximum Gasteiger partial charge on any atom is 0.0476 e. The van der Waals surface area contributed by atoms with E-state index in [9.17, 15) is 0 Å². The van der Waals surface area contributed by atoms with Crippen molar-refractivity contribution < 1.29 is 0 Å². The Morgan fingerprint density at radius 3 is 3.07 bits per heavy atom. The Kier molecular flexibility index (Phi) is 3.14. The molecule has 3 N–H and O–H groups in total. The van der Waals surface area contributed by atoms with Crippen LogP contribution in [-0.2, 0) is 0 Å². The second-order valence-corrected chi connectivity index (χ2v) is 5.11. The van der Waals surface area contributed by atoms with E-state index in [2.05, 4.69) is 23.7 Å². The number of fused-ring (bicyclic) bond motifs is 1. The van der Waals surface area contributed by atoms with Crippen LogP contribution in [0.25, 0.3) is 0 Å². The fourth-order valence-electron chi connectivity index (χ4n) is 3.07. The molecule has 2 aliphatic heterocycles. The molecule has 86 valence electrons. The van der Waals surface area contributed by atoms with E-state index in [-0.39, 0.29) is 5.54 Å². The average molecular weight is 209 g/mol. The lowest BCUT2D eigenvalue weighted by Crippen LogP contribution is -2.58. The van der Waals surface area contributed by atoms with Gasteiger partial charge in [0, 0.05) is 31.2 Å². The minimum atomic E-state index is 0.162. The van der Waals surface area contributed by atoms with Gasteiger partial charge in [-0.15, -0.1) is 0 Å². The summed E-state index contributed by atoms with van der Waals surface area (Å²) in [6.07, 6.45) is 3.84. The Bertz CT molecular complexity index is 251. The van der Waals surface area contributed by atoms with E-state index in [4.69, 9.17) is 5.73 Å². The molecule has 2 heterocycles. The third-order valence-electron chi connectivity index (χ3n) is 3.95. The van der Waals surface area contributed by atoms with Gasteiger partial charge in [-0.2, -0.15) is 0 Å². The number of nitrogens with two attached hydrogens (primary N) is 1. The molecule has 2 fully saturated rings. The molecule has 0 saturated carbocycles. The van der Waals surface area contributed by atoms with E-state index < -0.39 is 0 Å². The lowest BCUT2D eigenvalue weighted by atomic mass is 9.88. The second-order valence-electron chi connectivity index (χ2n) is 5.11. The monoisotopic (exact) mass is 209 g/mol. The molecule has 0 radical (unpaired) electrons. The highest BCUT2D eigenvalue weighted by molar-refractivity contribution is 5.10. The van der Waals surface area contributed by atoms with Crippen LogP contribution in [0.2, 0.25) is 0 Å². The zero-order chi connectivity index (χ0) is 10.9. The van der Waals surface area contributed by atoms with E-state index in [1.165, 1.54) is 37.9 Å². The quantitative estimate of drug-likeness (QED) is 0.670. The molecule has 2 atom stereocenters. The minimum absolute atomic E-state index is 0.162. The van der Waals surface area contributed by atoms with Gasteiger partial charge in [0.2, 0.25) is 0 Å². The van der Waals surface area contributed by atoms with Gasteiger partial charge in [0.25, 0.3) is 0 Å². The SMILES string of the molecule is C=C(C)CNC1(CN)CCN2CCCC21. The van der Waals surface area contributed by atoms with Crippen LogP contribution in [0, 0.1) is 0 Å². The molecule has 0 aromatic rings. The van der Waals surface area contributed by atoms with Crippen molar-refractivity contribution in [1.29, 1.82) is 0 Å². The highest BCUT2D eigenvalue weighted by Gasteiger charge is 2.47. The number of hydrogen-bond acceptors (Lipinski definition) is 3. The number of nitrogens with one attached hydrogen (secondary N) is 1. The van der Waals surface area contributed by atoms with Crippen LogP contribution in [0.5, 0.6) is 0 Å². The van der Waals surface area contributed by atoms with Crippen molar-refractivity contribution in [2.75, 3.05) is 26.2 Å². The Hall–Kier alpha value is -0.380. The van der Waals surface area contributed by atoms with Crippen molar-refractivity contribution >= 4 is 0 Å². The summed E-state index contributed by atoms with van der Waals surface area (Å²) in [6, 6.07) is 0.668. The van der Waals surface area contributed by atoms with Crippen LogP contribution in [0.15, 0.2) is 12.2 Å². The maximum atomic E-state index is 5.99. The summed E-state index contributed by atoms with van der Waals surface area (Å²) >= 11 is 0. The lowest BCUT2D eigenvalue weighted by Gasteiger charge is -2.35. The summed E-state index contributed by atoms with van der Waals surface area (Å²) in [5.41, 5.74) is 7.35. The van der Waals surface area contributed by atoms with E-state index in [0.717, 1.165) is 13.1 Å². The molecule has 2 unspecified atom stereocenters. The molecule has 2 rings (SSSR count). The topological polar surface area (TPSA) is 41.3 Å². The van der Waals surface area contributed by atoms with Gasteiger partial charge in [0.05, 0.1) is 0 Å². The highest BCUT2D eigenvalue weighted by Crippen LogP contribution is 2.35. The highest BCUT2D eigenvalue weighted by atomic mass is 15.3. The van der Waals surface area contributed by atoms with Crippen LogP contribution in [0.1, 0.15) is 26.2 Å². The van der Waals surface area contributed by atoms with E-state index in [0.29, 0.717) is 6.04 Å². The van der Waals surface area contributed by atoms with Gasteiger partial charge in [-0.1, -0.05) is 12.2 Å². The molecule has 2 saturated heterocycles. The molecule has 0 amide bonds. The molecular weight excluding hydrogens is 186 g/mol. The predicted octanol–water partition coefficient (Wildman–Crippen LogP) is 0.718. The summed E-state index contributed by atoms with van der Waals surface area (Å²) < 4.78 is 0. The predicted molar refractivity (Wildman–Crippen MR) is 63.8 cm³/mol. The summed E-state index contributed by atoms with van der Waals surface area (Å²) in [5.74, 6) is 0. The molecule has 3 heteroatoms. The lowest BCUT2D eigenvalue weighted by molar-refractivity contribution is 0.233.